The van der Waals surface area contributed by atoms with Crippen LogP contribution in [0, 0.1) is 0 Å². The van der Waals surface area contributed by atoms with Gasteiger partial charge in [0.1, 0.15) is 29.9 Å². The average Bonchev–Trinajstić information content (AvgIpc) is 2.74. The van der Waals surface area contributed by atoms with E-state index in [1.165, 1.54) is 26.5 Å². The SMILES string of the molecule is COc1ccc(OC)c(N(CC(=O)N/N=C\c2ccc(OC3CSC3)cc2)S(C)(=O)=O)c1. The van der Waals surface area contributed by atoms with Gasteiger partial charge in [-0.3, -0.25) is 9.10 Å². The molecule has 0 bridgehead atoms. The van der Waals surface area contributed by atoms with Gasteiger partial charge in [-0.05, 0) is 42.0 Å². The van der Waals surface area contributed by atoms with Gasteiger partial charge in [0.25, 0.3) is 5.91 Å². The largest absolute Gasteiger partial charge is 0.497 e. The van der Waals surface area contributed by atoms with Crippen LogP contribution in [-0.2, 0) is 14.8 Å². The number of methoxy groups -OCH3 is 2. The lowest BCUT2D eigenvalue weighted by Gasteiger charge is -2.25. The molecule has 0 radical (unpaired) electrons. The number of sulfonamides is 1. The van der Waals surface area contributed by atoms with Crippen LogP contribution in [0.4, 0.5) is 5.69 Å². The van der Waals surface area contributed by atoms with Gasteiger partial charge in [0.2, 0.25) is 10.0 Å². The van der Waals surface area contributed by atoms with Crippen molar-refractivity contribution >= 4 is 39.6 Å². The highest BCUT2D eigenvalue weighted by Crippen LogP contribution is 2.33. The van der Waals surface area contributed by atoms with E-state index in [0.717, 1.165) is 33.4 Å². The van der Waals surface area contributed by atoms with E-state index in [9.17, 15) is 13.2 Å². The Kier molecular flexibility index (Phi) is 7.86. The zero-order valence-electron chi connectivity index (χ0n) is 18.0. The molecule has 1 fully saturated rings. The number of hydrogen-bond acceptors (Lipinski definition) is 8. The minimum atomic E-state index is -3.79. The van der Waals surface area contributed by atoms with Crippen molar-refractivity contribution in [3.8, 4) is 17.2 Å². The van der Waals surface area contributed by atoms with Gasteiger partial charge in [0, 0.05) is 17.6 Å². The van der Waals surface area contributed by atoms with E-state index in [4.69, 9.17) is 14.2 Å². The van der Waals surface area contributed by atoms with Crippen LogP contribution in [-0.4, -0.2) is 65.2 Å². The molecule has 0 saturated carbocycles. The quantitative estimate of drug-likeness (QED) is 0.411. The van der Waals surface area contributed by atoms with E-state index in [-0.39, 0.29) is 17.5 Å². The van der Waals surface area contributed by atoms with E-state index in [1.54, 1.807) is 12.1 Å². The number of thioether (sulfide) groups is 1. The average molecular weight is 480 g/mol. The zero-order valence-corrected chi connectivity index (χ0v) is 19.6. The summed E-state index contributed by atoms with van der Waals surface area (Å²) in [7, 11) is -0.915. The number of nitrogens with zero attached hydrogens (tertiary/aromatic N) is 2. The first-order valence-corrected chi connectivity index (χ1v) is 12.7. The molecule has 1 amide bonds. The molecule has 11 heteroatoms. The number of anilines is 1. The van der Waals surface area contributed by atoms with Gasteiger partial charge >= 0.3 is 0 Å². The molecule has 0 aliphatic carbocycles. The second-order valence-electron chi connectivity index (χ2n) is 6.95. The fourth-order valence-electron chi connectivity index (χ4n) is 2.82. The van der Waals surface area contributed by atoms with Crippen molar-refractivity contribution in [1.82, 2.24) is 5.43 Å². The van der Waals surface area contributed by atoms with Gasteiger partial charge in [-0.25, -0.2) is 13.8 Å². The minimum Gasteiger partial charge on any atom is -0.497 e. The Bertz CT molecular complexity index is 1070. The van der Waals surface area contributed by atoms with Crippen LogP contribution in [0.2, 0.25) is 0 Å². The van der Waals surface area contributed by atoms with E-state index in [2.05, 4.69) is 10.5 Å². The molecule has 1 N–H and O–H groups in total. The van der Waals surface area contributed by atoms with Crippen LogP contribution in [0.25, 0.3) is 0 Å². The predicted molar refractivity (Wildman–Crippen MR) is 126 cm³/mol. The second-order valence-corrected chi connectivity index (χ2v) is 9.93. The number of amides is 1. The summed E-state index contributed by atoms with van der Waals surface area (Å²) in [5.41, 5.74) is 3.30. The number of hydrazone groups is 1. The summed E-state index contributed by atoms with van der Waals surface area (Å²) in [6.45, 7) is -0.480. The third-order valence-electron chi connectivity index (χ3n) is 4.54. The fourth-order valence-corrected chi connectivity index (χ4v) is 4.24. The Morgan fingerprint density at radius 2 is 1.84 bits per heavy atom. The zero-order chi connectivity index (χ0) is 23.1. The van der Waals surface area contributed by atoms with Crippen molar-refractivity contribution in [2.75, 3.05) is 42.8 Å². The maximum absolute atomic E-state index is 12.4. The van der Waals surface area contributed by atoms with Crippen molar-refractivity contribution in [3.63, 3.8) is 0 Å². The first-order chi connectivity index (χ1) is 15.3. The summed E-state index contributed by atoms with van der Waals surface area (Å²) < 4.78 is 41.9. The molecule has 1 aliphatic rings. The van der Waals surface area contributed by atoms with Crippen molar-refractivity contribution in [3.05, 3.63) is 48.0 Å². The Morgan fingerprint density at radius 1 is 1.16 bits per heavy atom. The molecule has 0 atom stereocenters. The molecule has 2 aromatic rings. The molecule has 1 saturated heterocycles. The van der Waals surface area contributed by atoms with Crippen LogP contribution in [0.3, 0.4) is 0 Å². The van der Waals surface area contributed by atoms with Crippen molar-refractivity contribution in [1.29, 1.82) is 0 Å². The normalized spacial score (nSPS) is 14.0. The Morgan fingerprint density at radius 3 is 2.41 bits per heavy atom. The van der Waals surface area contributed by atoms with Crippen molar-refractivity contribution < 1.29 is 27.4 Å². The standard InChI is InChI=1S/C21H25N3O6S2/c1-28-17-8-9-20(29-2)19(10-17)24(32(3,26)27)12-21(25)23-22-11-15-4-6-16(7-5-15)30-18-13-31-14-18/h4-11,18H,12-14H2,1-3H3,(H,23,25)/b22-11-. The predicted octanol–water partition coefficient (Wildman–Crippen LogP) is 2.11. The third kappa shape index (κ3) is 6.30. The van der Waals surface area contributed by atoms with Crippen LogP contribution in [0.1, 0.15) is 5.56 Å². The van der Waals surface area contributed by atoms with Crippen LogP contribution in [0.15, 0.2) is 47.6 Å². The fraction of sp³-hybridized carbons (Fsp3) is 0.333. The third-order valence-corrected chi connectivity index (χ3v) is 6.88. The van der Waals surface area contributed by atoms with E-state index >= 15 is 0 Å². The monoisotopic (exact) mass is 479 g/mol. The maximum Gasteiger partial charge on any atom is 0.260 e. The highest BCUT2D eigenvalue weighted by Gasteiger charge is 2.24. The first-order valence-electron chi connectivity index (χ1n) is 9.66. The summed E-state index contributed by atoms with van der Waals surface area (Å²) in [4.78, 5) is 12.4. The van der Waals surface area contributed by atoms with Gasteiger partial charge in [0.15, 0.2) is 0 Å². The molecule has 32 heavy (non-hydrogen) atoms. The number of hydrogen-bond donors (Lipinski definition) is 1. The Hall–Kier alpha value is -2.92. The Labute approximate surface area is 191 Å². The smallest absolute Gasteiger partial charge is 0.260 e. The van der Waals surface area contributed by atoms with Crippen LogP contribution in [0.5, 0.6) is 17.2 Å². The second kappa shape index (κ2) is 10.6. The molecule has 1 aliphatic heterocycles. The number of rotatable bonds is 10. The molecular formula is C21H25N3O6S2. The van der Waals surface area contributed by atoms with Gasteiger partial charge in [-0.1, -0.05) is 0 Å². The van der Waals surface area contributed by atoms with Crippen LogP contribution >= 0.6 is 11.8 Å². The molecule has 3 rings (SSSR count). The van der Waals surface area contributed by atoms with E-state index < -0.39 is 22.5 Å². The van der Waals surface area contributed by atoms with Gasteiger partial charge in [0.05, 0.1) is 32.4 Å². The highest BCUT2D eigenvalue weighted by molar-refractivity contribution is 8.00. The van der Waals surface area contributed by atoms with Gasteiger partial charge in [-0.2, -0.15) is 16.9 Å². The number of carbonyl (C=O) groups is 1. The summed E-state index contributed by atoms with van der Waals surface area (Å²) in [5.74, 6) is 2.89. The highest BCUT2D eigenvalue weighted by atomic mass is 32.2. The summed E-state index contributed by atoms with van der Waals surface area (Å²) in [6, 6.07) is 12.0. The minimum absolute atomic E-state index is 0.189. The van der Waals surface area contributed by atoms with Crippen molar-refractivity contribution in [2.45, 2.75) is 6.10 Å². The summed E-state index contributed by atoms with van der Waals surface area (Å²) >= 11 is 1.85. The van der Waals surface area contributed by atoms with Crippen molar-refractivity contribution in [2.24, 2.45) is 5.10 Å². The molecular weight excluding hydrogens is 454 g/mol. The molecule has 0 unspecified atom stereocenters. The van der Waals surface area contributed by atoms with E-state index in [0.29, 0.717) is 5.75 Å². The first kappa shape index (κ1) is 23.7. The molecule has 172 valence electrons. The molecule has 9 nitrogen and oxygen atoms in total. The van der Waals surface area contributed by atoms with E-state index in [1.807, 2.05) is 36.0 Å². The summed E-state index contributed by atoms with van der Waals surface area (Å²) in [6.07, 6.45) is 2.74. The number of ether oxygens (including phenoxy) is 3. The van der Waals surface area contributed by atoms with Gasteiger partial charge < -0.3 is 14.2 Å². The molecule has 1 heterocycles. The molecule has 0 spiro atoms. The lowest BCUT2D eigenvalue weighted by molar-refractivity contribution is -0.119. The number of benzene rings is 2. The lowest BCUT2D eigenvalue weighted by Crippen LogP contribution is -2.39. The maximum atomic E-state index is 12.4. The molecule has 0 aromatic heterocycles. The number of carbonyl (C=O) groups excluding carboxylic acids is 1. The van der Waals surface area contributed by atoms with Crippen LogP contribution < -0.4 is 23.9 Å². The Balaban J connectivity index is 1.64. The van der Waals surface area contributed by atoms with Gasteiger partial charge in [-0.15, -0.1) is 0 Å². The topological polar surface area (TPSA) is 107 Å². The summed E-state index contributed by atoms with van der Waals surface area (Å²) in [5, 5.41) is 3.92. The lowest BCUT2D eigenvalue weighted by atomic mass is 10.2. The molecule has 2 aromatic carbocycles. The number of nitrogens with one attached hydrogen (secondary N) is 1.